The van der Waals surface area contributed by atoms with E-state index in [9.17, 15) is 0 Å². The van der Waals surface area contributed by atoms with E-state index in [1.807, 2.05) is 13.8 Å². The van der Waals surface area contributed by atoms with E-state index in [4.69, 9.17) is 15.6 Å². The second kappa shape index (κ2) is 5.87. The Morgan fingerprint density at radius 2 is 1.88 bits per heavy atom. The molecule has 1 rings (SSSR count). The molecule has 1 atom stereocenters. The van der Waals surface area contributed by atoms with E-state index in [0.29, 0.717) is 0 Å². The van der Waals surface area contributed by atoms with Gasteiger partial charge in [-0.25, -0.2) is 0 Å². The van der Waals surface area contributed by atoms with Crippen molar-refractivity contribution in [3.05, 3.63) is 28.8 Å². The molecule has 0 saturated heterocycles. The Labute approximate surface area is 97.2 Å². The number of rotatable bonds is 5. The van der Waals surface area contributed by atoms with Gasteiger partial charge in [0.25, 0.3) is 0 Å². The monoisotopic (exact) mass is 223 g/mol. The van der Waals surface area contributed by atoms with E-state index in [1.54, 1.807) is 7.11 Å². The zero-order chi connectivity index (χ0) is 12.1. The van der Waals surface area contributed by atoms with Crippen molar-refractivity contribution in [3.8, 4) is 5.75 Å². The fraction of sp³-hybridized carbons (Fsp3) is 0.538. The summed E-state index contributed by atoms with van der Waals surface area (Å²) in [7, 11) is 1.68. The van der Waals surface area contributed by atoms with Crippen molar-refractivity contribution in [3.63, 3.8) is 0 Å². The molecule has 3 nitrogen and oxygen atoms in total. The highest BCUT2D eigenvalue weighted by molar-refractivity contribution is 5.44. The minimum Gasteiger partial charge on any atom is -0.496 e. The molecule has 0 spiro atoms. The highest BCUT2D eigenvalue weighted by Crippen LogP contribution is 2.27. The SMILES string of the molecule is COc1c(C)cc([C@H](N)CCCO)cc1C. The van der Waals surface area contributed by atoms with Crippen LogP contribution in [-0.2, 0) is 0 Å². The van der Waals surface area contributed by atoms with Gasteiger partial charge in [0, 0.05) is 12.6 Å². The number of hydrogen-bond acceptors (Lipinski definition) is 3. The molecule has 0 amide bonds. The molecule has 0 aromatic heterocycles. The zero-order valence-electron chi connectivity index (χ0n) is 10.3. The molecule has 16 heavy (non-hydrogen) atoms. The predicted octanol–water partition coefficient (Wildman–Crippen LogP) is 2.08. The van der Waals surface area contributed by atoms with Crippen LogP contribution in [0.3, 0.4) is 0 Å². The van der Waals surface area contributed by atoms with Gasteiger partial charge in [0.15, 0.2) is 0 Å². The van der Waals surface area contributed by atoms with Crippen LogP contribution in [0.2, 0.25) is 0 Å². The third-order valence-electron chi connectivity index (χ3n) is 2.79. The summed E-state index contributed by atoms with van der Waals surface area (Å²) in [5.74, 6) is 0.929. The number of aliphatic hydroxyl groups is 1. The molecule has 90 valence electrons. The van der Waals surface area contributed by atoms with Crippen molar-refractivity contribution in [2.75, 3.05) is 13.7 Å². The van der Waals surface area contributed by atoms with E-state index >= 15 is 0 Å². The number of hydrogen-bond donors (Lipinski definition) is 2. The van der Waals surface area contributed by atoms with Crippen molar-refractivity contribution >= 4 is 0 Å². The maximum Gasteiger partial charge on any atom is 0.124 e. The third-order valence-corrected chi connectivity index (χ3v) is 2.79. The van der Waals surface area contributed by atoms with Crippen molar-refractivity contribution < 1.29 is 9.84 Å². The fourth-order valence-corrected chi connectivity index (χ4v) is 2.00. The Kier molecular flexibility index (Phi) is 4.77. The molecule has 0 unspecified atom stereocenters. The van der Waals surface area contributed by atoms with Crippen LogP contribution >= 0.6 is 0 Å². The van der Waals surface area contributed by atoms with Gasteiger partial charge in [-0.1, -0.05) is 12.1 Å². The lowest BCUT2D eigenvalue weighted by Gasteiger charge is -2.16. The van der Waals surface area contributed by atoms with Crippen LogP contribution in [0, 0.1) is 13.8 Å². The predicted molar refractivity (Wildman–Crippen MR) is 65.7 cm³/mol. The van der Waals surface area contributed by atoms with Crippen molar-refractivity contribution in [2.45, 2.75) is 32.7 Å². The summed E-state index contributed by atoms with van der Waals surface area (Å²) >= 11 is 0. The van der Waals surface area contributed by atoms with Crippen LogP contribution in [0.25, 0.3) is 0 Å². The number of benzene rings is 1. The van der Waals surface area contributed by atoms with Crippen LogP contribution in [0.5, 0.6) is 5.75 Å². The first-order chi connectivity index (χ1) is 7.60. The molecule has 0 aliphatic carbocycles. The van der Waals surface area contributed by atoms with Gasteiger partial charge in [0.05, 0.1) is 7.11 Å². The first kappa shape index (κ1) is 13.0. The number of aliphatic hydroxyl groups excluding tert-OH is 1. The van der Waals surface area contributed by atoms with Crippen molar-refractivity contribution in [1.29, 1.82) is 0 Å². The van der Waals surface area contributed by atoms with E-state index in [-0.39, 0.29) is 12.6 Å². The third kappa shape index (κ3) is 2.97. The lowest BCUT2D eigenvalue weighted by molar-refractivity contribution is 0.280. The Morgan fingerprint density at radius 1 is 1.31 bits per heavy atom. The molecule has 1 aromatic carbocycles. The zero-order valence-corrected chi connectivity index (χ0v) is 10.3. The average molecular weight is 223 g/mol. The normalized spacial score (nSPS) is 12.6. The number of ether oxygens (including phenoxy) is 1. The fourth-order valence-electron chi connectivity index (χ4n) is 2.00. The highest BCUT2D eigenvalue weighted by Gasteiger charge is 2.10. The lowest BCUT2D eigenvalue weighted by Crippen LogP contribution is -2.11. The summed E-state index contributed by atoms with van der Waals surface area (Å²) in [6.45, 7) is 4.24. The molecular weight excluding hydrogens is 202 g/mol. The van der Waals surface area contributed by atoms with E-state index in [1.165, 1.54) is 0 Å². The molecule has 0 bridgehead atoms. The van der Waals surface area contributed by atoms with Crippen LogP contribution in [0.4, 0.5) is 0 Å². The summed E-state index contributed by atoms with van der Waals surface area (Å²) in [4.78, 5) is 0. The van der Waals surface area contributed by atoms with Gasteiger partial charge in [-0.15, -0.1) is 0 Å². The first-order valence-corrected chi connectivity index (χ1v) is 5.61. The van der Waals surface area contributed by atoms with E-state index in [2.05, 4.69) is 12.1 Å². The summed E-state index contributed by atoms with van der Waals surface area (Å²) in [6.07, 6.45) is 1.55. The Morgan fingerprint density at radius 3 is 2.31 bits per heavy atom. The van der Waals surface area contributed by atoms with Crippen molar-refractivity contribution in [2.24, 2.45) is 5.73 Å². The summed E-state index contributed by atoms with van der Waals surface area (Å²) in [5, 5.41) is 8.78. The van der Waals surface area contributed by atoms with Crippen molar-refractivity contribution in [1.82, 2.24) is 0 Å². The standard InChI is InChI=1S/C13H21NO2/c1-9-7-11(12(14)5-4-6-15)8-10(2)13(9)16-3/h7-8,12,15H,4-6,14H2,1-3H3/t12-/m1/s1. The average Bonchev–Trinajstić information content (AvgIpc) is 2.25. The topological polar surface area (TPSA) is 55.5 Å². The number of methoxy groups -OCH3 is 1. The van der Waals surface area contributed by atoms with E-state index in [0.717, 1.165) is 35.3 Å². The van der Waals surface area contributed by atoms with Crippen LogP contribution in [-0.4, -0.2) is 18.8 Å². The number of aryl methyl sites for hydroxylation is 2. The second-order valence-corrected chi connectivity index (χ2v) is 4.16. The van der Waals surface area contributed by atoms with Gasteiger partial charge in [-0.3, -0.25) is 0 Å². The largest absolute Gasteiger partial charge is 0.496 e. The molecule has 1 aromatic rings. The molecule has 0 fully saturated rings. The van der Waals surface area contributed by atoms with Gasteiger partial charge < -0.3 is 15.6 Å². The minimum absolute atomic E-state index is 0.00421. The summed E-state index contributed by atoms with van der Waals surface area (Å²) in [5.41, 5.74) is 9.39. The molecule has 0 saturated carbocycles. The van der Waals surface area contributed by atoms with Gasteiger partial charge in [-0.2, -0.15) is 0 Å². The molecule has 3 N–H and O–H groups in total. The van der Waals surface area contributed by atoms with Gasteiger partial charge in [-0.05, 0) is 43.4 Å². The molecule has 3 heteroatoms. The maximum atomic E-state index is 8.78. The second-order valence-electron chi connectivity index (χ2n) is 4.16. The smallest absolute Gasteiger partial charge is 0.124 e. The van der Waals surface area contributed by atoms with Gasteiger partial charge >= 0.3 is 0 Å². The summed E-state index contributed by atoms with van der Waals surface area (Å²) in [6, 6.07) is 4.12. The molecule has 0 aliphatic heterocycles. The van der Waals surface area contributed by atoms with Crippen LogP contribution < -0.4 is 10.5 Å². The quantitative estimate of drug-likeness (QED) is 0.803. The molecular formula is C13H21NO2. The Bertz CT molecular complexity index is 327. The Hall–Kier alpha value is -1.06. The highest BCUT2D eigenvalue weighted by atomic mass is 16.5. The summed E-state index contributed by atoms with van der Waals surface area (Å²) < 4.78 is 5.31. The van der Waals surface area contributed by atoms with Crippen LogP contribution in [0.15, 0.2) is 12.1 Å². The molecule has 0 heterocycles. The molecule has 0 radical (unpaired) electrons. The molecule has 0 aliphatic rings. The lowest BCUT2D eigenvalue weighted by atomic mass is 9.98. The first-order valence-electron chi connectivity index (χ1n) is 5.61. The van der Waals surface area contributed by atoms with Gasteiger partial charge in [0.1, 0.15) is 5.75 Å². The van der Waals surface area contributed by atoms with Gasteiger partial charge in [0.2, 0.25) is 0 Å². The number of nitrogens with two attached hydrogens (primary N) is 1. The van der Waals surface area contributed by atoms with E-state index < -0.39 is 0 Å². The maximum absolute atomic E-state index is 8.78. The Balaban J connectivity index is 2.90. The van der Waals surface area contributed by atoms with Crippen LogP contribution in [0.1, 0.15) is 35.6 Å². The minimum atomic E-state index is -0.00421.